The van der Waals surface area contributed by atoms with Crippen molar-refractivity contribution in [3.05, 3.63) is 0 Å². The molecule has 146 valence electrons. The fourth-order valence-electron chi connectivity index (χ4n) is 2.93. The maximum atomic E-state index is 11.2. The highest BCUT2D eigenvalue weighted by Gasteiger charge is 2.47. The maximum absolute atomic E-state index is 11.2. The number of rotatable bonds is 5. The van der Waals surface area contributed by atoms with Crippen molar-refractivity contribution in [3.63, 3.8) is 0 Å². The van der Waals surface area contributed by atoms with Crippen LogP contribution < -0.4 is 5.32 Å². The van der Waals surface area contributed by atoms with Gasteiger partial charge in [0.15, 0.2) is 12.6 Å². The van der Waals surface area contributed by atoms with E-state index in [2.05, 4.69) is 5.32 Å². The van der Waals surface area contributed by atoms with Crippen molar-refractivity contribution in [1.82, 2.24) is 5.32 Å². The van der Waals surface area contributed by atoms with E-state index >= 15 is 0 Å². The van der Waals surface area contributed by atoms with Crippen LogP contribution in [0.3, 0.4) is 0 Å². The molecule has 2 aliphatic rings. The summed E-state index contributed by atoms with van der Waals surface area (Å²) < 4.78 is 16.0. The Kier molecular flexibility index (Phi) is 7.08. The molecule has 2 aliphatic heterocycles. The van der Waals surface area contributed by atoms with Gasteiger partial charge in [0.2, 0.25) is 5.91 Å². The van der Waals surface area contributed by atoms with Crippen molar-refractivity contribution in [3.8, 4) is 0 Å². The highest BCUT2D eigenvalue weighted by Crippen LogP contribution is 2.28. The summed E-state index contributed by atoms with van der Waals surface area (Å²) in [5.74, 6) is -0.401. The highest BCUT2D eigenvalue weighted by molar-refractivity contribution is 5.73. The number of aliphatic hydroxyl groups is 6. The smallest absolute Gasteiger partial charge is 0.217 e. The van der Waals surface area contributed by atoms with E-state index in [-0.39, 0.29) is 6.42 Å². The Morgan fingerprint density at radius 2 is 1.68 bits per heavy atom. The van der Waals surface area contributed by atoms with Crippen LogP contribution in [0.4, 0.5) is 0 Å². The summed E-state index contributed by atoms with van der Waals surface area (Å²) in [7, 11) is 0. The van der Waals surface area contributed by atoms with Gasteiger partial charge >= 0.3 is 0 Å². The van der Waals surface area contributed by atoms with E-state index in [0.717, 1.165) is 0 Å². The normalized spacial score (nSPS) is 45.2. The average Bonchev–Trinajstić information content (AvgIpc) is 2.57. The first-order valence-electron chi connectivity index (χ1n) is 7.96. The first kappa shape index (κ1) is 20.4. The number of hydrogen-bond donors (Lipinski definition) is 7. The van der Waals surface area contributed by atoms with Crippen LogP contribution in [-0.4, -0.2) is 105 Å². The van der Waals surface area contributed by atoms with E-state index in [9.17, 15) is 35.4 Å². The summed E-state index contributed by atoms with van der Waals surface area (Å²) in [5.41, 5.74) is 0. The number of ether oxygens (including phenoxy) is 3. The molecule has 0 aliphatic carbocycles. The predicted octanol–water partition coefficient (Wildman–Crippen LogP) is -4.22. The van der Waals surface area contributed by atoms with Crippen LogP contribution in [0, 0.1) is 0 Å². The summed E-state index contributed by atoms with van der Waals surface area (Å²) >= 11 is 0. The van der Waals surface area contributed by atoms with Crippen LogP contribution in [0.2, 0.25) is 0 Å². The van der Waals surface area contributed by atoms with Gasteiger partial charge in [-0.1, -0.05) is 0 Å². The Labute approximate surface area is 143 Å². The zero-order chi connectivity index (χ0) is 18.7. The van der Waals surface area contributed by atoms with Gasteiger partial charge in [0.05, 0.1) is 25.4 Å². The molecule has 0 radical (unpaired) electrons. The molecule has 2 rings (SSSR count). The molecule has 2 heterocycles. The molecule has 0 unspecified atom stereocenters. The molecule has 0 aromatic heterocycles. The minimum absolute atomic E-state index is 0.0427. The lowest BCUT2D eigenvalue weighted by molar-refractivity contribution is -0.332. The molecule has 0 spiro atoms. The van der Waals surface area contributed by atoms with Crippen molar-refractivity contribution in [2.45, 2.75) is 68.6 Å². The summed E-state index contributed by atoms with van der Waals surface area (Å²) in [5, 5.41) is 60.5. The zero-order valence-electron chi connectivity index (χ0n) is 13.6. The molecule has 2 fully saturated rings. The number of amides is 1. The Balaban J connectivity index is 2.08. The molecule has 25 heavy (non-hydrogen) atoms. The SMILES string of the molecule is CC(=O)N[C@@H]1C[C@H](O[C@@H]2O[C@H](CO)[C@H](O)[C@H](O)[C@H]2O)[C@@H](CO)O[C@H]1O. The van der Waals surface area contributed by atoms with E-state index in [1.54, 1.807) is 0 Å². The average molecular weight is 367 g/mol. The van der Waals surface area contributed by atoms with E-state index in [1.165, 1.54) is 6.92 Å². The second-order valence-electron chi connectivity index (χ2n) is 6.16. The number of carbonyl (C=O) groups excluding carboxylic acids is 1. The molecule has 0 saturated carbocycles. The fourth-order valence-corrected chi connectivity index (χ4v) is 2.93. The molecule has 1 amide bonds. The molecule has 7 N–H and O–H groups in total. The minimum Gasteiger partial charge on any atom is -0.394 e. The van der Waals surface area contributed by atoms with Crippen molar-refractivity contribution in [2.75, 3.05) is 13.2 Å². The van der Waals surface area contributed by atoms with E-state index in [1.807, 2.05) is 0 Å². The molecule has 0 aromatic rings. The summed E-state index contributed by atoms with van der Waals surface area (Å²) in [6, 6.07) is -0.810. The summed E-state index contributed by atoms with van der Waals surface area (Å²) in [6.07, 6.45) is -10.5. The van der Waals surface area contributed by atoms with Crippen molar-refractivity contribution in [2.24, 2.45) is 0 Å². The van der Waals surface area contributed by atoms with Crippen molar-refractivity contribution >= 4 is 5.91 Å². The monoisotopic (exact) mass is 367 g/mol. The van der Waals surface area contributed by atoms with Crippen molar-refractivity contribution in [1.29, 1.82) is 0 Å². The van der Waals surface area contributed by atoms with Gasteiger partial charge in [0, 0.05) is 13.3 Å². The number of hydrogen-bond acceptors (Lipinski definition) is 10. The van der Waals surface area contributed by atoms with Crippen LogP contribution in [0.1, 0.15) is 13.3 Å². The summed E-state index contributed by atoms with van der Waals surface area (Å²) in [4.78, 5) is 11.2. The topological polar surface area (TPSA) is 178 Å². The van der Waals surface area contributed by atoms with Gasteiger partial charge in [0.1, 0.15) is 30.5 Å². The first-order chi connectivity index (χ1) is 11.8. The van der Waals surface area contributed by atoms with Gasteiger partial charge < -0.3 is 50.2 Å². The van der Waals surface area contributed by atoms with Crippen LogP contribution in [0.15, 0.2) is 0 Å². The molecule has 0 bridgehead atoms. The Morgan fingerprint density at radius 1 is 1.04 bits per heavy atom. The number of carbonyl (C=O) groups is 1. The lowest BCUT2D eigenvalue weighted by atomic mass is 9.98. The Hall–Kier alpha value is -0.890. The predicted molar refractivity (Wildman–Crippen MR) is 78.8 cm³/mol. The van der Waals surface area contributed by atoms with Crippen LogP contribution in [-0.2, 0) is 19.0 Å². The minimum atomic E-state index is -1.61. The van der Waals surface area contributed by atoms with Crippen molar-refractivity contribution < 1.29 is 49.6 Å². The Morgan fingerprint density at radius 3 is 2.24 bits per heavy atom. The van der Waals surface area contributed by atoms with Gasteiger partial charge in [-0.2, -0.15) is 0 Å². The summed E-state index contributed by atoms with van der Waals surface area (Å²) in [6.45, 7) is 0.146. The van der Waals surface area contributed by atoms with Crippen LogP contribution in [0.25, 0.3) is 0 Å². The van der Waals surface area contributed by atoms with Gasteiger partial charge in [-0.15, -0.1) is 0 Å². The third-order valence-electron chi connectivity index (χ3n) is 4.29. The van der Waals surface area contributed by atoms with Crippen LogP contribution >= 0.6 is 0 Å². The number of nitrogens with one attached hydrogen (secondary N) is 1. The molecule has 11 heteroatoms. The third kappa shape index (κ3) is 4.64. The second kappa shape index (κ2) is 8.66. The fraction of sp³-hybridized carbons (Fsp3) is 0.929. The molecule has 2 saturated heterocycles. The number of aliphatic hydroxyl groups excluding tert-OH is 6. The zero-order valence-corrected chi connectivity index (χ0v) is 13.6. The lowest BCUT2D eigenvalue weighted by Crippen LogP contribution is -2.62. The van der Waals surface area contributed by atoms with E-state index in [4.69, 9.17) is 14.2 Å². The quantitative estimate of drug-likeness (QED) is 0.252. The van der Waals surface area contributed by atoms with Gasteiger partial charge in [-0.25, -0.2) is 0 Å². The first-order valence-corrected chi connectivity index (χ1v) is 7.96. The van der Waals surface area contributed by atoms with Gasteiger partial charge in [-0.3, -0.25) is 4.79 Å². The Bertz CT molecular complexity index is 449. The lowest BCUT2D eigenvalue weighted by Gasteiger charge is -2.44. The molecular weight excluding hydrogens is 342 g/mol. The highest BCUT2D eigenvalue weighted by atomic mass is 16.7. The molecule has 9 atom stereocenters. The molecule has 0 aromatic carbocycles. The molecular formula is C14H25NO10. The standard InChI is InChI=1S/C14H25NO10/c1-5(18)15-6-2-7(8(3-16)23-13(6)22)24-14-12(21)11(20)10(19)9(4-17)25-14/h6-14,16-17,19-22H,2-4H2,1H3,(H,15,18)/t6-,7+,8-,9-,10+,11+,12-,13-,14-/m1/s1. The van der Waals surface area contributed by atoms with Gasteiger partial charge in [0.25, 0.3) is 0 Å². The molecule has 11 nitrogen and oxygen atoms in total. The third-order valence-corrected chi connectivity index (χ3v) is 4.29. The van der Waals surface area contributed by atoms with Gasteiger partial charge in [-0.05, 0) is 0 Å². The second-order valence-corrected chi connectivity index (χ2v) is 6.16. The largest absolute Gasteiger partial charge is 0.394 e. The van der Waals surface area contributed by atoms with E-state index in [0.29, 0.717) is 0 Å². The van der Waals surface area contributed by atoms with E-state index < -0.39 is 74.4 Å². The van der Waals surface area contributed by atoms with Crippen LogP contribution in [0.5, 0.6) is 0 Å². The maximum Gasteiger partial charge on any atom is 0.217 e.